The number of benzene rings is 2. The van der Waals surface area contributed by atoms with E-state index < -0.39 is 29.8 Å². The highest BCUT2D eigenvalue weighted by molar-refractivity contribution is 5.99. The smallest absolute Gasteiger partial charge is 0.416 e. The molecular formula is C31H35F3N6O4+2. The Hall–Kier alpha value is -4.93. The number of allylic oxidation sites excluding steroid dienone is 2. The Morgan fingerprint density at radius 1 is 1.25 bits per heavy atom. The molecule has 0 aromatic heterocycles. The van der Waals surface area contributed by atoms with E-state index >= 15 is 0 Å². The van der Waals surface area contributed by atoms with Crippen molar-refractivity contribution in [1.29, 1.82) is 5.26 Å². The SMILES string of the molecule is C/C=C\C(=C/[NH2+]CCCc1cc(C#N)ccc1[C@@H]1C(C(=O)OC)=C(C)[N+](c2cccc(C(F)(F)F)c2)=C(N)N1C(N)=O)CO. The van der Waals surface area contributed by atoms with Crippen LogP contribution in [-0.2, 0) is 22.1 Å². The van der Waals surface area contributed by atoms with Crippen LogP contribution >= 0.6 is 0 Å². The van der Waals surface area contributed by atoms with Crippen LogP contribution in [0.2, 0.25) is 0 Å². The Kier molecular flexibility index (Phi) is 11.1. The lowest BCUT2D eigenvalue weighted by molar-refractivity contribution is -0.588. The van der Waals surface area contributed by atoms with Crippen molar-refractivity contribution in [3.8, 4) is 6.07 Å². The van der Waals surface area contributed by atoms with E-state index in [9.17, 15) is 33.1 Å². The molecule has 1 atom stereocenters. The second kappa shape index (κ2) is 14.5. The number of urea groups is 1. The molecule has 1 aliphatic rings. The fourth-order valence-corrected chi connectivity index (χ4v) is 5.09. The van der Waals surface area contributed by atoms with E-state index in [1.165, 1.54) is 25.1 Å². The van der Waals surface area contributed by atoms with Crippen LogP contribution in [0.4, 0.5) is 23.7 Å². The molecule has 0 saturated heterocycles. The van der Waals surface area contributed by atoms with Gasteiger partial charge in [0.2, 0.25) is 0 Å². The van der Waals surface area contributed by atoms with Crippen molar-refractivity contribution in [2.24, 2.45) is 11.5 Å². The van der Waals surface area contributed by atoms with Crippen LogP contribution in [0.3, 0.4) is 0 Å². The van der Waals surface area contributed by atoms with Gasteiger partial charge in [0, 0.05) is 12.0 Å². The monoisotopic (exact) mass is 612 g/mol. The number of alkyl halides is 3. The zero-order valence-corrected chi connectivity index (χ0v) is 24.6. The van der Waals surface area contributed by atoms with Gasteiger partial charge in [-0.15, -0.1) is 0 Å². The van der Waals surface area contributed by atoms with Crippen LogP contribution in [0, 0.1) is 11.3 Å². The van der Waals surface area contributed by atoms with Crippen molar-refractivity contribution in [3.63, 3.8) is 0 Å². The lowest BCUT2D eigenvalue weighted by Gasteiger charge is -2.33. The minimum atomic E-state index is -4.66. The second-order valence-corrected chi connectivity index (χ2v) is 9.90. The molecule has 13 heteroatoms. The molecule has 1 aliphatic heterocycles. The average Bonchev–Trinajstić information content (AvgIpc) is 2.99. The number of nitrogens with zero attached hydrogens (tertiary/aromatic N) is 3. The summed E-state index contributed by atoms with van der Waals surface area (Å²) in [6.45, 7) is 3.82. The van der Waals surface area contributed by atoms with Crippen molar-refractivity contribution < 1.29 is 42.5 Å². The maximum absolute atomic E-state index is 13.6. The number of quaternary nitrogens is 1. The molecule has 7 N–H and O–H groups in total. The third kappa shape index (κ3) is 7.34. The number of hydrogen-bond acceptors (Lipinski definition) is 6. The number of carbonyl (C=O) groups excluding carboxylic acids is 2. The number of amides is 2. The average molecular weight is 613 g/mol. The summed E-state index contributed by atoms with van der Waals surface area (Å²) < 4.78 is 46.9. The number of guanidine groups is 1. The van der Waals surface area contributed by atoms with Crippen LogP contribution in [0.25, 0.3) is 0 Å². The number of nitriles is 1. The van der Waals surface area contributed by atoms with Gasteiger partial charge in [-0.1, -0.05) is 24.3 Å². The Bertz CT molecular complexity index is 1590. The fraction of sp³-hybridized carbons (Fsp3) is 0.290. The number of aliphatic hydroxyl groups is 1. The number of rotatable bonds is 10. The van der Waals surface area contributed by atoms with Gasteiger partial charge < -0.3 is 20.9 Å². The number of aryl methyl sites for hydroxylation is 1. The van der Waals surface area contributed by atoms with Crippen LogP contribution in [0.15, 0.2) is 77.7 Å². The van der Waals surface area contributed by atoms with E-state index in [1.807, 2.05) is 24.5 Å². The summed E-state index contributed by atoms with van der Waals surface area (Å²) in [5.74, 6) is -1.17. The van der Waals surface area contributed by atoms with Crippen molar-refractivity contribution in [3.05, 3.63) is 99.9 Å². The molecule has 232 valence electrons. The number of nitrogens with two attached hydrogens (primary N) is 3. The summed E-state index contributed by atoms with van der Waals surface area (Å²) in [6, 6.07) is 8.86. The molecule has 2 aromatic rings. The Morgan fingerprint density at radius 2 is 1.98 bits per heavy atom. The standard InChI is InChI=1S/C31H33F3N6O4/c1-4-7-21(18-41)17-38-13-6-8-22-14-20(16-35)11-12-25(22)27-26(28(42)44-3)19(2)39(29(36)40(27)30(37)43)24-10-5-9-23(15-24)31(32,33)34/h4-5,7,9-12,14-15,17,27,36,38,41H,6,8,13,18H2,1-3H3,(H2,37,43)/p+2/b7-4-,21-17+/t27-/m1/s1. The predicted molar refractivity (Wildman–Crippen MR) is 156 cm³/mol. The van der Waals surface area contributed by atoms with Gasteiger partial charge >= 0.3 is 24.1 Å². The molecule has 2 amide bonds. The third-order valence-corrected chi connectivity index (χ3v) is 7.09. The molecule has 0 saturated carbocycles. The highest BCUT2D eigenvalue weighted by Gasteiger charge is 2.47. The summed E-state index contributed by atoms with van der Waals surface area (Å²) in [4.78, 5) is 27.2. The molecule has 3 rings (SSSR count). The number of carbonyl (C=O) groups is 2. The van der Waals surface area contributed by atoms with Crippen LogP contribution in [-0.4, -0.2) is 52.8 Å². The van der Waals surface area contributed by atoms with Crippen molar-refractivity contribution in [1.82, 2.24) is 4.90 Å². The van der Waals surface area contributed by atoms with Gasteiger partial charge in [0.05, 0.1) is 49.4 Å². The van der Waals surface area contributed by atoms with Gasteiger partial charge in [0.25, 0.3) is 0 Å². The zero-order valence-electron chi connectivity index (χ0n) is 24.6. The van der Waals surface area contributed by atoms with Gasteiger partial charge in [0.15, 0.2) is 0 Å². The van der Waals surface area contributed by atoms with Crippen molar-refractivity contribution in [2.75, 3.05) is 20.3 Å². The first kappa shape index (κ1) is 33.6. The van der Waals surface area contributed by atoms with Gasteiger partial charge in [-0.25, -0.2) is 14.2 Å². The first-order chi connectivity index (χ1) is 20.9. The minimum absolute atomic E-state index is 0.0512. The number of hydrogen-bond donors (Lipinski definition) is 4. The molecule has 44 heavy (non-hydrogen) atoms. The minimum Gasteiger partial charge on any atom is -0.465 e. The summed E-state index contributed by atoms with van der Waals surface area (Å²) in [5, 5.41) is 20.9. The first-order valence-corrected chi connectivity index (χ1v) is 13.7. The lowest BCUT2D eigenvalue weighted by atomic mass is 9.88. The van der Waals surface area contributed by atoms with Gasteiger partial charge in [-0.3, -0.25) is 5.73 Å². The molecule has 0 spiro atoms. The van der Waals surface area contributed by atoms with E-state index in [4.69, 9.17) is 16.2 Å². The van der Waals surface area contributed by atoms with Gasteiger partial charge in [-0.2, -0.15) is 23.3 Å². The highest BCUT2D eigenvalue weighted by Crippen LogP contribution is 2.40. The number of ether oxygens (including phenoxy) is 1. The topological polar surface area (TPSA) is 162 Å². The van der Waals surface area contributed by atoms with Crippen LogP contribution in [0.5, 0.6) is 0 Å². The van der Waals surface area contributed by atoms with E-state index in [-0.39, 0.29) is 29.5 Å². The zero-order chi connectivity index (χ0) is 32.6. The molecule has 0 aliphatic carbocycles. The first-order valence-electron chi connectivity index (χ1n) is 13.7. The van der Waals surface area contributed by atoms with E-state index in [0.717, 1.165) is 34.3 Å². The number of aliphatic hydroxyl groups excluding tert-OH is 1. The molecule has 0 fully saturated rings. The largest absolute Gasteiger partial charge is 0.465 e. The maximum Gasteiger partial charge on any atom is 0.416 e. The van der Waals surface area contributed by atoms with Crippen LogP contribution < -0.4 is 16.8 Å². The highest BCUT2D eigenvalue weighted by atomic mass is 19.4. The van der Waals surface area contributed by atoms with Crippen LogP contribution in [0.1, 0.15) is 48.6 Å². The molecule has 0 radical (unpaired) electrons. The van der Waals surface area contributed by atoms with Crippen molar-refractivity contribution in [2.45, 2.75) is 38.9 Å². The number of halogens is 3. The Labute approximate surface area is 253 Å². The fourth-order valence-electron chi connectivity index (χ4n) is 5.09. The van der Waals surface area contributed by atoms with E-state index in [1.54, 1.807) is 18.2 Å². The van der Waals surface area contributed by atoms with Crippen molar-refractivity contribution >= 4 is 23.6 Å². The molecule has 0 unspecified atom stereocenters. The molecular weight excluding hydrogens is 577 g/mol. The number of esters is 1. The predicted octanol–water partition coefficient (Wildman–Crippen LogP) is 3.07. The Morgan fingerprint density at radius 3 is 2.57 bits per heavy atom. The van der Waals surface area contributed by atoms with E-state index in [2.05, 4.69) is 6.07 Å². The van der Waals surface area contributed by atoms with Gasteiger partial charge in [0.1, 0.15) is 17.3 Å². The summed E-state index contributed by atoms with van der Waals surface area (Å²) in [5.41, 5.74) is 13.5. The Balaban J connectivity index is 2.16. The normalized spacial score (nSPS) is 16.0. The van der Waals surface area contributed by atoms with Gasteiger partial charge in [-0.05, 0) is 61.7 Å². The maximum atomic E-state index is 13.6. The molecule has 1 heterocycles. The lowest BCUT2D eigenvalue weighted by Crippen LogP contribution is -2.78. The molecule has 10 nitrogen and oxygen atoms in total. The number of primary amides is 1. The quantitative estimate of drug-likeness (QED) is 0.140. The van der Waals surface area contributed by atoms with E-state index in [0.29, 0.717) is 36.1 Å². The summed E-state index contributed by atoms with van der Waals surface area (Å²) in [6.07, 6.45) is 1.77. The third-order valence-electron chi connectivity index (χ3n) is 7.09. The summed E-state index contributed by atoms with van der Waals surface area (Å²) >= 11 is 0. The number of methoxy groups -OCH3 is 1. The molecule has 0 bridgehead atoms. The summed E-state index contributed by atoms with van der Waals surface area (Å²) in [7, 11) is 1.14. The second-order valence-electron chi connectivity index (χ2n) is 9.90. The molecule has 2 aromatic carbocycles.